The van der Waals surface area contributed by atoms with Crippen molar-refractivity contribution in [2.45, 2.75) is 6.54 Å². The van der Waals surface area contributed by atoms with Gasteiger partial charge >= 0.3 is 5.97 Å². The van der Waals surface area contributed by atoms with Gasteiger partial charge in [0, 0.05) is 6.20 Å². The second kappa shape index (κ2) is 3.35. The molecule has 3 rings (SSSR count). The highest BCUT2D eigenvalue weighted by molar-refractivity contribution is 5.94. The van der Waals surface area contributed by atoms with Crippen molar-refractivity contribution in [3.05, 3.63) is 40.2 Å². The van der Waals surface area contributed by atoms with E-state index >= 15 is 0 Å². The lowest BCUT2D eigenvalue weighted by Crippen LogP contribution is -2.23. The second-order valence-electron chi connectivity index (χ2n) is 3.87. The molecule has 17 heavy (non-hydrogen) atoms. The Hall–Kier alpha value is -2.30. The van der Waals surface area contributed by atoms with Crippen molar-refractivity contribution in [2.24, 2.45) is 0 Å². The predicted octanol–water partition coefficient (Wildman–Crippen LogP) is 1.09. The average molecular weight is 231 g/mol. The first-order valence-corrected chi connectivity index (χ1v) is 5.21. The largest absolute Gasteiger partial charge is 0.490 e. The first-order chi connectivity index (χ1) is 8.18. The predicted molar refractivity (Wildman–Crippen MR) is 60.7 cm³/mol. The molecule has 2 aromatic rings. The molecule has 0 aliphatic carbocycles. The number of hydrogen-bond acceptors (Lipinski definition) is 3. The van der Waals surface area contributed by atoms with Crippen LogP contribution < -0.4 is 10.2 Å². The van der Waals surface area contributed by atoms with Gasteiger partial charge < -0.3 is 14.4 Å². The molecule has 86 valence electrons. The van der Waals surface area contributed by atoms with E-state index in [9.17, 15) is 9.59 Å². The van der Waals surface area contributed by atoms with Crippen molar-refractivity contribution < 1.29 is 14.6 Å². The lowest BCUT2D eigenvalue weighted by Gasteiger charge is -2.20. The fourth-order valence-corrected chi connectivity index (χ4v) is 2.13. The van der Waals surface area contributed by atoms with Gasteiger partial charge in [0.05, 0.1) is 17.4 Å². The molecule has 0 fully saturated rings. The number of carbonyl (C=O) groups is 1. The third-order valence-corrected chi connectivity index (χ3v) is 2.88. The van der Waals surface area contributed by atoms with Crippen LogP contribution in [-0.2, 0) is 6.54 Å². The summed E-state index contributed by atoms with van der Waals surface area (Å²) in [6.07, 6.45) is 1.39. The first-order valence-electron chi connectivity index (χ1n) is 5.21. The van der Waals surface area contributed by atoms with Gasteiger partial charge in [0.25, 0.3) is 0 Å². The van der Waals surface area contributed by atoms with Crippen LogP contribution in [0.15, 0.2) is 29.2 Å². The number of rotatable bonds is 1. The fourth-order valence-electron chi connectivity index (χ4n) is 2.13. The van der Waals surface area contributed by atoms with Crippen LogP contribution in [0.2, 0.25) is 0 Å². The molecule has 1 N–H and O–H groups in total. The van der Waals surface area contributed by atoms with Gasteiger partial charge in [-0.15, -0.1) is 0 Å². The summed E-state index contributed by atoms with van der Waals surface area (Å²) in [5, 5.41) is 9.38. The van der Waals surface area contributed by atoms with Crippen LogP contribution in [0.1, 0.15) is 10.4 Å². The lowest BCUT2D eigenvalue weighted by molar-refractivity contribution is 0.0694. The van der Waals surface area contributed by atoms with Crippen molar-refractivity contribution in [1.82, 2.24) is 4.57 Å². The second-order valence-corrected chi connectivity index (χ2v) is 3.87. The Bertz CT molecular complexity index is 687. The molecular weight excluding hydrogens is 222 g/mol. The average Bonchev–Trinajstić information content (AvgIpc) is 2.33. The highest BCUT2D eigenvalue weighted by Crippen LogP contribution is 2.26. The monoisotopic (exact) mass is 231 g/mol. The molecule has 5 nitrogen and oxygen atoms in total. The Morgan fingerprint density at radius 3 is 3.00 bits per heavy atom. The number of carboxylic acids is 1. The van der Waals surface area contributed by atoms with E-state index in [1.54, 1.807) is 22.8 Å². The molecule has 1 aromatic heterocycles. The van der Waals surface area contributed by atoms with Crippen molar-refractivity contribution in [2.75, 3.05) is 6.61 Å². The molecule has 0 spiro atoms. The number of carboxylic acid groups (broad SMARTS) is 1. The number of hydrogen-bond donors (Lipinski definition) is 1. The van der Waals surface area contributed by atoms with Crippen LogP contribution in [0.5, 0.6) is 5.75 Å². The van der Waals surface area contributed by atoms with E-state index < -0.39 is 11.4 Å². The summed E-state index contributed by atoms with van der Waals surface area (Å²) in [6, 6.07) is 5.09. The van der Waals surface area contributed by atoms with Gasteiger partial charge in [-0.1, -0.05) is 6.07 Å². The van der Waals surface area contributed by atoms with Gasteiger partial charge in [-0.3, -0.25) is 4.79 Å². The van der Waals surface area contributed by atoms with Crippen LogP contribution in [0, 0.1) is 0 Å². The van der Waals surface area contributed by atoms with E-state index in [2.05, 4.69) is 0 Å². The Labute approximate surface area is 95.9 Å². The molecule has 5 heteroatoms. The molecule has 1 aromatic carbocycles. The normalized spacial score (nSPS) is 13.4. The number of aromatic nitrogens is 1. The maximum Gasteiger partial charge on any atom is 0.341 e. The topological polar surface area (TPSA) is 68.5 Å². The van der Waals surface area contributed by atoms with Gasteiger partial charge in [-0.25, -0.2) is 4.79 Å². The van der Waals surface area contributed by atoms with Gasteiger partial charge in [-0.2, -0.15) is 0 Å². The minimum absolute atomic E-state index is 0.198. The molecule has 0 radical (unpaired) electrons. The van der Waals surface area contributed by atoms with Crippen LogP contribution in [0.3, 0.4) is 0 Å². The summed E-state index contributed by atoms with van der Waals surface area (Å²) < 4.78 is 7.21. The summed E-state index contributed by atoms with van der Waals surface area (Å²) in [6.45, 7) is 1.03. The Balaban J connectivity index is 2.51. The molecule has 0 bridgehead atoms. The first kappa shape index (κ1) is 9.89. The van der Waals surface area contributed by atoms with Gasteiger partial charge in [-0.05, 0) is 12.1 Å². The summed E-state index contributed by atoms with van der Waals surface area (Å²) in [4.78, 5) is 23.0. The van der Waals surface area contributed by atoms with Gasteiger partial charge in [0.2, 0.25) is 5.43 Å². The molecule has 2 heterocycles. The Morgan fingerprint density at radius 1 is 1.41 bits per heavy atom. The number of benzene rings is 1. The molecule has 0 amide bonds. The summed E-state index contributed by atoms with van der Waals surface area (Å²) in [5.41, 5.74) is 0.0152. The van der Waals surface area contributed by atoms with Crippen molar-refractivity contribution in [3.63, 3.8) is 0 Å². The van der Waals surface area contributed by atoms with Gasteiger partial charge in [0.1, 0.15) is 17.9 Å². The van der Waals surface area contributed by atoms with Crippen molar-refractivity contribution in [3.8, 4) is 5.75 Å². The smallest absolute Gasteiger partial charge is 0.341 e. The van der Waals surface area contributed by atoms with E-state index in [0.717, 1.165) is 0 Å². The number of nitrogens with zero attached hydrogens (tertiary/aromatic N) is 1. The molecule has 1 aliphatic heterocycles. The Morgan fingerprint density at radius 2 is 2.24 bits per heavy atom. The third-order valence-electron chi connectivity index (χ3n) is 2.88. The van der Waals surface area contributed by atoms with E-state index in [4.69, 9.17) is 9.84 Å². The number of para-hydroxylation sites is 1. The van der Waals surface area contributed by atoms with Crippen LogP contribution in [-0.4, -0.2) is 22.2 Å². The maximum atomic E-state index is 12.0. The SMILES string of the molecule is O=C(O)c1cn2c3c(cccc3c1=O)OCC2. The molecule has 0 atom stereocenters. The highest BCUT2D eigenvalue weighted by atomic mass is 16.5. The number of ether oxygens (including phenoxy) is 1. The fraction of sp³-hybridized carbons (Fsp3) is 0.167. The standard InChI is InChI=1S/C12H9NO4/c14-11-7-2-1-3-9-10(7)13(4-5-17-9)6-8(11)12(15)16/h1-3,6H,4-5H2,(H,15,16). The summed E-state index contributed by atoms with van der Waals surface area (Å²) in [7, 11) is 0. The highest BCUT2D eigenvalue weighted by Gasteiger charge is 2.19. The molecule has 0 saturated carbocycles. The molecule has 0 unspecified atom stereocenters. The zero-order valence-corrected chi connectivity index (χ0v) is 8.84. The number of pyridine rings is 1. The zero-order chi connectivity index (χ0) is 12.0. The Kier molecular flexibility index (Phi) is 1.95. The van der Waals surface area contributed by atoms with Crippen LogP contribution in [0.4, 0.5) is 0 Å². The lowest BCUT2D eigenvalue weighted by atomic mass is 10.1. The van der Waals surface area contributed by atoms with Crippen molar-refractivity contribution >= 4 is 16.9 Å². The maximum absolute atomic E-state index is 12.0. The van der Waals surface area contributed by atoms with E-state index in [-0.39, 0.29) is 5.56 Å². The third kappa shape index (κ3) is 1.32. The summed E-state index contributed by atoms with van der Waals surface area (Å²) >= 11 is 0. The minimum atomic E-state index is -1.20. The van der Waals surface area contributed by atoms with E-state index in [0.29, 0.717) is 29.8 Å². The van der Waals surface area contributed by atoms with Gasteiger partial charge in [0.15, 0.2) is 0 Å². The number of aromatic carboxylic acids is 1. The molecule has 1 aliphatic rings. The van der Waals surface area contributed by atoms with Crippen LogP contribution in [0.25, 0.3) is 10.9 Å². The molecular formula is C12H9NO4. The minimum Gasteiger partial charge on any atom is -0.490 e. The van der Waals surface area contributed by atoms with Crippen LogP contribution >= 0.6 is 0 Å². The van der Waals surface area contributed by atoms with Crippen molar-refractivity contribution in [1.29, 1.82) is 0 Å². The van der Waals surface area contributed by atoms with E-state index in [1.807, 2.05) is 0 Å². The molecule has 0 saturated heterocycles. The van der Waals surface area contributed by atoms with E-state index in [1.165, 1.54) is 6.20 Å². The summed E-state index contributed by atoms with van der Waals surface area (Å²) in [5.74, 6) is -0.569. The zero-order valence-electron chi connectivity index (χ0n) is 8.84. The quantitative estimate of drug-likeness (QED) is 0.797.